The van der Waals surface area contributed by atoms with E-state index >= 15 is 0 Å². The predicted molar refractivity (Wildman–Crippen MR) is 55.7 cm³/mol. The molecule has 0 N–H and O–H groups in total. The zero-order valence-corrected chi connectivity index (χ0v) is 9.38. The van der Waals surface area contributed by atoms with Crippen LogP contribution in [0.2, 0.25) is 0 Å². The van der Waals surface area contributed by atoms with Crippen LogP contribution < -0.4 is 4.74 Å². The molecule has 0 aliphatic rings. The lowest BCUT2D eigenvalue weighted by molar-refractivity contribution is 0.101. The number of benzene rings is 1. The Kier molecular flexibility index (Phi) is 3.24. The highest BCUT2D eigenvalue weighted by Crippen LogP contribution is 2.26. The van der Waals surface area contributed by atoms with Gasteiger partial charge in [-0.3, -0.25) is 4.79 Å². The molecule has 1 rings (SSSR count). The van der Waals surface area contributed by atoms with Crippen LogP contribution in [0.5, 0.6) is 5.75 Å². The molecule has 0 amide bonds. The van der Waals surface area contributed by atoms with Crippen molar-refractivity contribution in [2.24, 2.45) is 0 Å². The number of halogens is 2. The van der Waals surface area contributed by atoms with Gasteiger partial charge in [-0.2, -0.15) is 0 Å². The molecule has 4 heteroatoms. The van der Waals surface area contributed by atoms with Crippen LogP contribution in [0.15, 0.2) is 12.1 Å². The van der Waals surface area contributed by atoms with Gasteiger partial charge in [-0.05, 0) is 41.6 Å². The van der Waals surface area contributed by atoms with Gasteiger partial charge in [0.1, 0.15) is 0 Å². The topological polar surface area (TPSA) is 26.3 Å². The van der Waals surface area contributed by atoms with Gasteiger partial charge in [0.2, 0.25) is 0 Å². The Bertz CT molecular complexity index is 350. The lowest BCUT2D eigenvalue weighted by Gasteiger charge is -2.07. The van der Waals surface area contributed by atoms with Crippen LogP contribution in [0, 0.1) is 9.39 Å². The molecule has 0 unspecified atom stereocenters. The second-order valence-corrected chi connectivity index (χ2v) is 3.66. The van der Waals surface area contributed by atoms with E-state index in [-0.39, 0.29) is 17.1 Å². The van der Waals surface area contributed by atoms with Crippen LogP contribution in [0.3, 0.4) is 0 Å². The van der Waals surface area contributed by atoms with Gasteiger partial charge in [0, 0.05) is 0 Å². The summed E-state index contributed by atoms with van der Waals surface area (Å²) < 4.78 is 18.6. The van der Waals surface area contributed by atoms with Crippen molar-refractivity contribution in [2.45, 2.75) is 6.92 Å². The van der Waals surface area contributed by atoms with Crippen LogP contribution in [-0.4, -0.2) is 12.9 Å². The summed E-state index contributed by atoms with van der Waals surface area (Å²) in [5.74, 6) is -0.651. The maximum Gasteiger partial charge on any atom is 0.179 e. The Morgan fingerprint density at radius 3 is 2.62 bits per heavy atom. The van der Waals surface area contributed by atoms with Crippen LogP contribution >= 0.6 is 22.6 Å². The molecular weight excluding hydrogens is 286 g/mol. The van der Waals surface area contributed by atoms with Gasteiger partial charge in [0.05, 0.1) is 16.2 Å². The Balaban J connectivity index is 3.38. The first-order chi connectivity index (χ1) is 6.07. The molecule has 0 bridgehead atoms. The second-order valence-electron chi connectivity index (χ2n) is 2.50. The van der Waals surface area contributed by atoms with Crippen molar-refractivity contribution < 1.29 is 13.9 Å². The highest BCUT2D eigenvalue weighted by Gasteiger charge is 2.14. The minimum absolute atomic E-state index is 0.0272. The first-order valence-electron chi connectivity index (χ1n) is 3.61. The fourth-order valence-corrected chi connectivity index (χ4v) is 1.43. The van der Waals surface area contributed by atoms with Crippen molar-refractivity contribution in [2.75, 3.05) is 7.11 Å². The number of carbonyl (C=O) groups is 1. The summed E-state index contributed by atoms with van der Waals surface area (Å²) in [5.41, 5.74) is 0.278. The average Bonchev–Trinajstić information content (AvgIpc) is 2.09. The fraction of sp³-hybridized carbons (Fsp3) is 0.222. The molecule has 0 atom stereocenters. The normalized spacial score (nSPS) is 9.85. The van der Waals surface area contributed by atoms with Gasteiger partial charge in [-0.1, -0.05) is 0 Å². The first-order valence-corrected chi connectivity index (χ1v) is 4.68. The summed E-state index contributed by atoms with van der Waals surface area (Å²) in [4.78, 5) is 11.0. The molecule has 2 nitrogen and oxygen atoms in total. The van der Waals surface area contributed by atoms with Crippen molar-refractivity contribution >= 4 is 28.4 Å². The molecule has 0 aromatic heterocycles. The molecule has 0 spiro atoms. The lowest BCUT2D eigenvalue weighted by atomic mass is 10.1. The van der Waals surface area contributed by atoms with E-state index in [0.29, 0.717) is 3.57 Å². The van der Waals surface area contributed by atoms with Crippen molar-refractivity contribution in [3.63, 3.8) is 0 Å². The van der Waals surface area contributed by atoms with E-state index in [1.165, 1.54) is 14.0 Å². The summed E-state index contributed by atoms with van der Waals surface area (Å²) in [7, 11) is 1.35. The van der Waals surface area contributed by atoms with E-state index in [2.05, 4.69) is 0 Å². The number of carbonyl (C=O) groups excluding carboxylic acids is 1. The van der Waals surface area contributed by atoms with Crippen LogP contribution in [0.4, 0.5) is 4.39 Å². The second kappa shape index (κ2) is 4.04. The summed E-state index contributed by atoms with van der Waals surface area (Å²) in [6.07, 6.45) is 0. The fourth-order valence-electron chi connectivity index (χ4n) is 1.01. The minimum atomic E-state index is -0.476. The Morgan fingerprint density at radius 2 is 2.15 bits per heavy atom. The smallest absolute Gasteiger partial charge is 0.179 e. The third-order valence-corrected chi connectivity index (χ3v) is 2.47. The Labute approximate surface area is 89.2 Å². The van der Waals surface area contributed by atoms with Crippen molar-refractivity contribution in [1.29, 1.82) is 0 Å². The first kappa shape index (κ1) is 10.4. The van der Waals surface area contributed by atoms with Gasteiger partial charge in [-0.15, -0.1) is 0 Å². The standard InChI is InChI=1S/C9H8FIO2/c1-5(12)6-3-4-7(11)8(10)9(6)13-2/h3-4H,1-2H3. The van der Waals surface area contributed by atoms with Gasteiger partial charge in [0.25, 0.3) is 0 Å². The highest BCUT2D eigenvalue weighted by atomic mass is 127. The number of ketones is 1. The maximum atomic E-state index is 13.3. The van der Waals surface area contributed by atoms with E-state index in [0.717, 1.165) is 0 Å². The molecule has 0 heterocycles. The molecule has 70 valence electrons. The van der Waals surface area contributed by atoms with E-state index in [4.69, 9.17) is 4.74 Å². The van der Waals surface area contributed by atoms with Crippen molar-refractivity contribution in [3.05, 3.63) is 27.1 Å². The average molecular weight is 294 g/mol. The van der Waals surface area contributed by atoms with Gasteiger partial charge < -0.3 is 4.74 Å². The summed E-state index contributed by atoms with van der Waals surface area (Å²) in [6, 6.07) is 3.11. The van der Waals surface area contributed by atoms with Gasteiger partial charge in [-0.25, -0.2) is 4.39 Å². The molecule has 0 fully saturated rings. The summed E-state index contributed by atoms with van der Waals surface area (Å²) in [5, 5.41) is 0. The van der Waals surface area contributed by atoms with E-state index in [1.807, 2.05) is 22.6 Å². The van der Waals surface area contributed by atoms with E-state index in [9.17, 15) is 9.18 Å². The van der Waals surface area contributed by atoms with Gasteiger partial charge >= 0.3 is 0 Å². The molecule has 0 saturated heterocycles. The molecular formula is C9H8FIO2. The van der Waals surface area contributed by atoms with E-state index in [1.54, 1.807) is 12.1 Å². The van der Waals surface area contributed by atoms with Gasteiger partial charge in [0.15, 0.2) is 17.3 Å². The third kappa shape index (κ3) is 1.99. The SMILES string of the molecule is COc1c(C(C)=O)ccc(I)c1F. The third-order valence-electron chi connectivity index (χ3n) is 1.63. The van der Waals surface area contributed by atoms with Crippen LogP contribution in [0.1, 0.15) is 17.3 Å². The van der Waals surface area contributed by atoms with Crippen molar-refractivity contribution in [1.82, 2.24) is 0 Å². The number of hydrogen-bond acceptors (Lipinski definition) is 2. The lowest BCUT2D eigenvalue weighted by Crippen LogP contribution is -2.01. The monoisotopic (exact) mass is 294 g/mol. The number of hydrogen-bond donors (Lipinski definition) is 0. The maximum absolute atomic E-state index is 13.3. The molecule has 0 radical (unpaired) electrons. The molecule has 0 saturated carbocycles. The zero-order valence-electron chi connectivity index (χ0n) is 7.23. The summed E-state index contributed by atoms with van der Waals surface area (Å²) in [6.45, 7) is 1.38. The molecule has 0 aliphatic carbocycles. The Morgan fingerprint density at radius 1 is 1.54 bits per heavy atom. The highest BCUT2D eigenvalue weighted by molar-refractivity contribution is 14.1. The number of Topliss-reactive ketones (excluding diaryl/α,β-unsaturated/α-hetero) is 1. The molecule has 0 aliphatic heterocycles. The minimum Gasteiger partial charge on any atom is -0.493 e. The summed E-state index contributed by atoms with van der Waals surface area (Å²) >= 11 is 1.85. The molecule has 1 aromatic carbocycles. The predicted octanol–water partition coefficient (Wildman–Crippen LogP) is 2.64. The number of ether oxygens (including phenoxy) is 1. The number of rotatable bonds is 2. The van der Waals surface area contributed by atoms with Crippen LogP contribution in [-0.2, 0) is 0 Å². The molecule has 1 aromatic rings. The largest absolute Gasteiger partial charge is 0.493 e. The molecule has 13 heavy (non-hydrogen) atoms. The van der Waals surface area contributed by atoms with Crippen LogP contribution in [0.25, 0.3) is 0 Å². The quantitative estimate of drug-likeness (QED) is 0.619. The Hall–Kier alpha value is -0.650. The zero-order chi connectivity index (χ0) is 10.0. The number of methoxy groups -OCH3 is 1. The van der Waals surface area contributed by atoms with E-state index < -0.39 is 5.82 Å². The van der Waals surface area contributed by atoms with Crippen molar-refractivity contribution in [3.8, 4) is 5.75 Å².